The number of rotatable bonds is 2. The van der Waals surface area contributed by atoms with Gasteiger partial charge in [0.05, 0.1) is 0 Å². The molecule has 0 saturated heterocycles. The molecule has 1 aliphatic heterocycles. The first-order valence-electron chi connectivity index (χ1n) is 4.50. The van der Waals surface area contributed by atoms with E-state index in [1.807, 2.05) is 24.3 Å². The summed E-state index contributed by atoms with van der Waals surface area (Å²) in [7, 11) is 0. The number of nitrogens with zero attached hydrogens (tertiary/aromatic N) is 1. The van der Waals surface area contributed by atoms with Crippen LogP contribution in [0, 0.1) is 0 Å². The summed E-state index contributed by atoms with van der Waals surface area (Å²) >= 11 is -0.126. The molecule has 1 atom stereocenters. The molecule has 0 saturated carbocycles. The Balaban J connectivity index is 2.38. The van der Waals surface area contributed by atoms with Gasteiger partial charge in [0.25, 0.3) is 0 Å². The standard InChI is InChI=1S/C10H11NO3Se/c1-10(14)11(6-9(12)13)7-4-2-3-5-8(7)15-10/h2-5,14H,6H2,1H3,(H,12,13)/t10-/m1/s1. The molecule has 4 nitrogen and oxygen atoms in total. The van der Waals surface area contributed by atoms with E-state index in [2.05, 4.69) is 0 Å². The van der Waals surface area contributed by atoms with E-state index in [0.29, 0.717) is 0 Å². The molecule has 80 valence electrons. The number of benzene rings is 1. The van der Waals surface area contributed by atoms with Crippen molar-refractivity contribution in [3.63, 3.8) is 0 Å². The van der Waals surface area contributed by atoms with Crippen LogP contribution >= 0.6 is 0 Å². The van der Waals surface area contributed by atoms with Crippen LogP contribution in [-0.4, -0.2) is 42.3 Å². The Morgan fingerprint density at radius 2 is 2.20 bits per heavy atom. The molecule has 1 heterocycles. The van der Waals surface area contributed by atoms with Gasteiger partial charge in [-0.3, -0.25) is 0 Å². The van der Waals surface area contributed by atoms with Gasteiger partial charge in [-0.25, -0.2) is 0 Å². The summed E-state index contributed by atoms with van der Waals surface area (Å²) in [6.07, 6.45) is 0. The summed E-state index contributed by atoms with van der Waals surface area (Å²) in [6.45, 7) is 1.50. The Bertz CT molecular complexity index is 405. The van der Waals surface area contributed by atoms with Crippen molar-refractivity contribution in [2.75, 3.05) is 11.4 Å². The van der Waals surface area contributed by atoms with Gasteiger partial charge in [0, 0.05) is 0 Å². The van der Waals surface area contributed by atoms with E-state index in [1.165, 1.54) is 0 Å². The molecule has 15 heavy (non-hydrogen) atoms. The Morgan fingerprint density at radius 1 is 1.53 bits per heavy atom. The number of aliphatic hydroxyl groups is 1. The Kier molecular flexibility index (Phi) is 2.46. The fourth-order valence-electron chi connectivity index (χ4n) is 1.62. The number of fused-ring (bicyclic) bond motifs is 1. The average Bonchev–Trinajstić information content (AvgIpc) is 2.37. The van der Waals surface area contributed by atoms with Crippen LogP contribution < -0.4 is 9.36 Å². The fraction of sp³-hybridized carbons (Fsp3) is 0.300. The Morgan fingerprint density at radius 3 is 2.87 bits per heavy atom. The zero-order chi connectivity index (χ0) is 11.1. The summed E-state index contributed by atoms with van der Waals surface area (Å²) in [4.78, 5) is 12.3. The molecule has 0 aromatic heterocycles. The van der Waals surface area contributed by atoms with Gasteiger partial charge in [-0.2, -0.15) is 0 Å². The van der Waals surface area contributed by atoms with E-state index in [9.17, 15) is 9.90 Å². The van der Waals surface area contributed by atoms with Crippen LogP contribution in [0.3, 0.4) is 0 Å². The van der Waals surface area contributed by atoms with Gasteiger partial charge in [-0.1, -0.05) is 0 Å². The first-order chi connectivity index (χ1) is 7.00. The molecule has 2 rings (SSSR count). The molecule has 0 unspecified atom stereocenters. The molecule has 0 fully saturated rings. The van der Waals surface area contributed by atoms with Crippen molar-refractivity contribution >= 4 is 31.1 Å². The molecular weight excluding hydrogens is 261 g/mol. The van der Waals surface area contributed by atoms with E-state index in [0.717, 1.165) is 10.1 Å². The zero-order valence-corrected chi connectivity index (χ0v) is 9.89. The molecule has 5 heteroatoms. The molecule has 0 spiro atoms. The monoisotopic (exact) mass is 273 g/mol. The van der Waals surface area contributed by atoms with E-state index in [1.54, 1.807) is 11.8 Å². The number of carboxylic acids is 1. The number of carboxylic acid groups (broad SMARTS) is 1. The quantitative estimate of drug-likeness (QED) is 0.718. The van der Waals surface area contributed by atoms with Gasteiger partial charge >= 0.3 is 93.3 Å². The van der Waals surface area contributed by atoms with Gasteiger partial charge in [-0.05, 0) is 0 Å². The van der Waals surface area contributed by atoms with Crippen LogP contribution in [0.25, 0.3) is 0 Å². The maximum atomic E-state index is 10.7. The van der Waals surface area contributed by atoms with Crippen molar-refractivity contribution < 1.29 is 15.0 Å². The molecule has 2 N–H and O–H groups in total. The number of aliphatic carboxylic acids is 1. The number of hydrogen-bond acceptors (Lipinski definition) is 3. The minimum atomic E-state index is -1.03. The molecular formula is C10H11NO3Se. The van der Waals surface area contributed by atoms with Crippen LogP contribution in [-0.2, 0) is 4.79 Å². The molecule has 1 aromatic rings. The van der Waals surface area contributed by atoms with Gasteiger partial charge in [0.1, 0.15) is 0 Å². The van der Waals surface area contributed by atoms with E-state index in [4.69, 9.17) is 5.11 Å². The van der Waals surface area contributed by atoms with E-state index in [-0.39, 0.29) is 21.5 Å². The molecule has 1 aliphatic rings. The Labute approximate surface area is 93.7 Å². The third-order valence-corrected chi connectivity index (χ3v) is 4.71. The second-order valence-corrected chi connectivity index (χ2v) is 6.46. The zero-order valence-electron chi connectivity index (χ0n) is 8.17. The predicted molar refractivity (Wildman–Crippen MR) is 57.4 cm³/mol. The van der Waals surface area contributed by atoms with Gasteiger partial charge in [-0.15, -0.1) is 0 Å². The number of para-hydroxylation sites is 1. The van der Waals surface area contributed by atoms with Crippen molar-refractivity contribution in [1.82, 2.24) is 0 Å². The molecule has 0 radical (unpaired) electrons. The normalized spacial score (nSPS) is 24.0. The van der Waals surface area contributed by atoms with Crippen molar-refractivity contribution in [3.05, 3.63) is 24.3 Å². The van der Waals surface area contributed by atoms with Crippen LogP contribution in [0.1, 0.15) is 6.92 Å². The predicted octanol–water partition coefficient (Wildman–Crippen LogP) is -0.413. The first-order valence-corrected chi connectivity index (χ1v) is 6.22. The average molecular weight is 272 g/mol. The van der Waals surface area contributed by atoms with Crippen molar-refractivity contribution in [2.45, 2.75) is 11.5 Å². The van der Waals surface area contributed by atoms with Gasteiger partial charge < -0.3 is 0 Å². The van der Waals surface area contributed by atoms with Gasteiger partial charge in [0.15, 0.2) is 0 Å². The third kappa shape index (κ3) is 1.86. The molecule has 0 amide bonds. The van der Waals surface area contributed by atoms with Crippen molar-refractivity contribution in [3.8, 4) is 0 Å². The van der Waals surface area contributed by atoms with E-state index >= 15 is 0 Å². The summed E-state index contributed by atoms with van der Waals surface area (Å²) in [5.74, 6) is -0.928. The molecule has 0 bridgehead atoms. The molecule has 0 aliphatic carbocycles. The van der Waals surface area contributed by atoms with Gasteiger partial charge in [0.2, 0.25) is 0 Å². The number of hydrogen-bond donors (Lipinski definition) is 2. The minimum absolute atomic E-state index is 0.126. The summed E-state index contributed by atoms with van der Waals surface area (Å²) in [5.41, 5.74) is 0.838. The van der Waals surface area contributed by atoms with Crippen LogP contribution in [0.4, 0.5) is 5.69 Å². The SMILES string of the molecule is C[C@@]1(O)[Se]c2ccccc2N1CC(=O)O. The van der Waals surface area contributed by atoms with Crippen LogP contribution in [0.2, 0.25) is 0 Å². The second-order valence-electron chi connectivity index (χ2n) is 3.48. The number of carbonyl (C=O) groups is 1. The van der Waals surface area contributed by atoms with Crippen molar-refractivity contribution in [1.29, 1.82) is 0 Å². The molecule has 1 aromatic carbocycles. The summed E-state index contributed by atoms with van der Waals surface area (Å²) in [5, 5.41) is 18.9. The maximum absolute atomic E-state index is 10.7. The van der Waals surface area contributed by atoms with E-state index < -0.39 is 10.6 Å². The number of anilines is 1. The third-order valence-electron chi connectivity index (χ3n) is 2.25. The summed E-state index contributed by atoms with van der Waals surface area (Å²) < 4.78 is 0.0194. The van der Waals surface area contributed by atoms with Crippen molar-refractivity contribution in [2.24, 2.45) is 0 Å². The van der Waals surface area contributed by atoms with Crippen LogP contribution in [0.5, 0.6) is 0 Å². The Hall–Kier alpha value is -1.03. The second kappa shape index (κ2) is 3.52. The topological polar surface area (TPSA) is 60.8 Å². The first kappa shape index (κ1) is 10.5. The van der Waals surface area contributed by atoms with Crippen LogP contribution in [0.15, 0.2) is 24.3 Å². The summed E-state index contributed by atoms with van der Waals surface area (Å²) in [6, 6.07) is 7.54. The fourth-order valence-corrected chi connectivity index (χ4v) is 3.97.